The molecule has 0 unspecified atom stereocenters. The van der Waals surface area contributed by atoms with Crippen molar-refractivity contribution in [2.45, 2.75) is 0 Å². The van der Waals surface area contributed by atoms with Gasteiger partial charge < -0.3 is 9.15 Å². The summed E-state index contributed by atoms with van der Waals surface area (Å²) in [6.45, 7) is 0. The van der Waals surface area contributed by atoms with Crippen LogP contribution in [0.1, 0.15) is 0 Å². The minimum Gasteiger partial charge on any atom is -0.497 e. The van der Waals surface area contributed by atoms with Gasteiger partial charge in [-0.15, -0.1) is 0 Å². The van der Waals surface area contributed by atoms with Crippen LogP contribution in [0, 0.1) is 0 Å². The Morgan fingerprint density at radius 3 is 2.53 bits per heavy atom. The van der Waals surface area contributed by atoms with Gasteiger partial charge in [0.2, 0.25) is 0 Å². The highest BCUT2D eigenvalue weighted by Gasteiger charge is 2.06. The van der Waals surface area contributed by atoms with Crippen molar-refractivity contribution in [2.75, 3.05) is 7.11 Å². The topological polar surface area (TPSA) is 22.4 Å². The van der Waals surface area contributed by atoms with Gasteiger partial charge in [-0.1, -0.05) is 30.3 Å². The van der Waals surface area contributed by atoms with Gasteiger partial charge in [-0.25, -0.2) is 0 Å². The van der Waals surface area contributed by atoms with Gasteiger partial charge in [-0.05, 0) is 24.3 Å². The van der Waals surface area contributed by atoms with Crippen molar-refractivity contribution < 1.29 is 9.15 Å². The fraction of sp³-hybridized carbons (Fsp3) is 0.0667. The van der Waals surface area contributed by atoms with Crippen LogP contribution in [-0.4, -0.2) is 7.11 Å². The van der Waals surface area contributed by atoms with Crippen molar-refractivity contribution >= 4 is 11.0 Å². The number of rotatable bonds is 2. The number of hydrogen-bond donors (Lipinski definition) is 0. The lowest BCUT2D eigenvalue weighted by molar-refractivity contribution is 0.415. The molecule has 0 aliphatic heterocycles. The van der Waals surface area contributed by atoms with Gasteiger partial charge in [0, 0.05) is 10.9 Å². The van der Waals surface area contributed by atoms with E-state index in [1.165, 1.54) is 0 Å². The van der Waals surface area contributed by atoms with Crippen LogP contribution < -0.4 is 4.74 Å². The van der Waals surface area contributed by atoms with Crippen LogP contribution >= 0.6 is 0 Å². The predicted octanol–water partition coefficient (Wildman–Crippen LogP) is 4.11. The molecule has 2 nitrogen and oxygen atoms in total. The molecule has 3 rings (SSSR count). The van der Waals surface area contributed by atoms with Gasteiger partial charge in [0.05, 0.1) is 7.11 Å². The summed E-state index contributed by atoms with van der Waals surface area (Å²) < 4.78 is 11.0. The molecule has 0 spiro atoms. The fourth-order valence-corrected chi connectivity index (χ4v) is 1.89. The molecule has 0 saturated heterocycles. The summed E-state index contributed by atoms with van der Waals surface area (Å²) >= 11 is 0. The van der Waals surface area contributed by atoms with Crippen LogP contribution in [0.3, 0.4) is 0 Å². The third-order valence-electron chi connectivity index (χ3n) is 2.78. The molecular formula is C15H12O2. The van der Waals surface area contributed by atoms with E-state index in [9.17, 15) is 0 Å². The van der Waals surface area contributed by atoms with E-state index >= 15 is 0 Å². The van der Waals surface area contributed by atoms with E-state index in [-0.39, 0.29) is 0 Å². The molecule has 2 heteroatoms. The summed E-state index contributed by atoms with van der Waals surface area (Å²) in [4.78, 5) is 0. The fourth-order valence-electron chi connectivity index (χ4n) is 1.89. The highest BCUT2D eigenvalue weighted by atomic mass is 16.5. The Balaban J connectivity index is 2.14. The van der Waals surface area contributed by atoms with Crippen molar-refractivity contribution in [1.29, 1.82) is 0 Å². The van der Waals surface area contributed by atoms with Crippen molar-refractivity contribution in [3.63, 3.8) is 0 Å². The molecule has 0 N–H and O–H groups in total. The van der Waals surface area contributed by atoms with Gasteiger partial charge in [-0.3, -0.25) is 0 Å². The predicted molar refractivity (Wildman–Crippen MR) is 68.2 cm³/mol. The highest BCUT2D eigenvalue weighted by molar-refractivity contribution is 5.84. The first kappa shape index (κ1) is 9.97. The SMILES string of the molecule is COc1ccc2oc(-c3ccccc3)cc2c1. The second-order valence-corrected chi connectivity index (χ2v) is 3.88. The molecule has 84 valence electrons. The van der Waals surface area contributed by atoms with Crippen molar-refractivity contribution in [2.24, 2.45) is 0 Å². The van der Waals surface area contributed by atoms with E-state index in [0.29, 0.717) is 0 Å². The molecule has 0 aliphatic rings. The Labute approximate surface area is 99.4 Å². The minimum absolute atomic E-state index is 0.845. The summed E-state index contributed by atoms with van der Waals surface area (Å²) in [5.74, 6) is 1.73. The molecule has 2 aromatic carbocycles. The lowest BCUT2D eigenvalue weighted by atomic mass is 10.1. The number of methoxy groups -OCH3 is 1. The number of furan rings is 1. The average molecular weight is 224 g/mol. The Morgan fingerprint density at radius 1 is 0.941 bits per heavy atom. The number of benzene rings is 2. The molecule has 0 amide bonds. The summed E-state index contributed by atoms with van der Waals surface area (Å²) in [6, 6.07) is 17.9. The van der Waals surface area contributed by atoms with Crippen LogP contribution in [0.2, 0.25) is 0 Å². The van der Waals surface area contributed by atoms with Crippen LogP contribution in [0.15, 0.2) is 59.0 Å². The zero-order chi connectivity index (χ0) is 11.7. The first-order valence-corrected chi connectivity index (χ1v) is 5.50. The second kappa shape index (κ2) is 3.98. The maximum absolute atomic E-state index is 5.80. The maximum Gasteiger partial charge on any atom is 0.135 e. The monoisotopic (exact) mass is 224 g/mol. The molecule has 0 radical (unpaired) electrons. The normalized spacial score (nSPS) is 10.6. The van der Waals surface area contributed by atoms with Gasteiger partial charge >= 0.3 is 0 Å². The molecule has 0 saturated carbocycles. The van der Waals surface area contributed by atoms with Gasteiger partial charge in [0.15, 0.2) is 0 Å². The van der Waals surface area contributed by atoms with Gasteiger partial charge in [0.1, 0.15) is 17.1 Å². The van der Waals surface area contributed by atoms with E-state index in [4.69, 9.17) is 9.15 Å². The van der Waals surface area contributed by atoms with Crippen LogP contribution in [-0.2, 0) is 0 Å². The summed E-state index contributed by atoms with van der Waals surface area (Å²) in [5.41, 5.74) is 1.97. The molecule has 1 heterocycles. The van der Waals surface area contributed by atoms with Crippen LogP contribution in [0.25, 0.3) is 22.3 Å². The Hall–Kier alpha value is -2.22. The third-order valence-corrected chi connectivity index (χ3v) is 2.78. The number of fused-ring (bicyclic) bond motifs is 1. The van der Waals surface area contributed by atoms with Crippen LogP contribution in [0.4, 0.5) is 0 Å². The van der Waals surface area contributed by atoms with E-state index in [1.54, 1.807) is 7.11 Å². The molecule has 0 bridgehead atoms. The van der Waals surface area contributed by atoms with E-state index < -0.39 is 0 Å². The zero-order valence-corrected chi connectivity index (χ0v) is 9.51. The first-order chi connectivity index (χ1) is 8.36. The zero-order valence-electron chi connectivity index (χ0n) is 9.51. The molecule has 3 aromatic rings. The Kier molecular flexibility index (Phi) is 2.33. The van der Waals surface area contributed by atoms with Gasteiger partial charge in [-0.2, -0.15) is 0 Å². The Morgan fingerprint density at radius 2 is 1.76 bits per heavy atom. The van der Waals surface area contributed by atoms with E-state index in [0.717, 1.165) is 28.0 Å². The van der Waals surface area contributed by atoms with E-state index in [1.807, 2.05) is 54.6 Å². The number of ether oxygens (including phenoxy) is 1. The quantitative estimate of drug-likeness (QED) is 0.653. The van der Waals surface area contributed by atoms with Crippen molar-refractivity contribution in [1.82, 2.24) is 0 Å². The maximum atomic E-state index is 5.80. The third kappa shape index (κ3) is 1.78. The first-order valence-electron chi connectivity index (χ1n) is 5.50. The average Bonchev–Trinajstić information content (AvgIpc) is 2.82. The summed E-state index contributed by atoms with van der Waals surface area (Å²) in [6.07, 6.45) is 0. The molecule has 1 aromatic heterocycles. The van der Waals surface area contributed by atoms with Crippen LogP contribution in [0.5, 0.6) is 5.75 Å². The molecule has 0 aliphatic carbocycles. The lowest BCUT2D eigenvalue weighted by Crippen LogP contribution is -1.79. The molecule has 0 fully saturated rings. The molecule has 17 heavy (non-hydrogen) atoms. The largest absolute Gasteiger partial charge is 0.497 e. The van der Waals surface area contributed by atoms with E-state index in [2.05, 4.69) is 0 Å². The molecule has 0 atom stereocenters. The van der Waals surface area contributed by atoms with Gasteiger partial charge in [0.25, 0.3) is 0 Å². The standard InChI is InChI=1S/C15H12O2/c1-16-13-7-8-14-12(9-13)10-15(17-14)11-5-3-2-4-6-11/h2-10H,1H3. The summed E-state index contributed by atoms with van der Waals surface area (Å²) in [5, 5.41) is 1.06. The molecular weight excluding hydrogens is 212 g/mol. The summed E-state index contributed by atoms with van der Waals surface area (Å²) in [7, 11) is 1.67. The highest BCUT2D eigenvalue weighted by Crippen LogP contribution is 2.29. The minimum atomic E-state index is 0.845. The van der Waals surface area contributed by atoms with Crippen molar-refractivity contribution in [3.05, 3.63) is 54.6 Å². The smallest absolute Gasteiger partial charge is 0.135 e. The lowest BCUT2D eigenvalue weighted by Gasteiger charge is -1.96. The van der Waals surface area contributed by atoms with Crippen molar-refractivity contribution in [3.8, 4) is 17.1 Å². The second-order valence-electron chi connectivity index (χ2n) is 3.88. The Bertz CT molecular complexity index is 638. The number of hydrogen-bond acceptors (Lipinski definition) is 2.